The van der Waals surface area contributed by atoms with Crippen molar-refractivity contribution in [3.05, 3.63) is 18.6 Å². The first-order valence-corrected chi connectivity index (χ1v) is 7.93. The van der Waals surface area contributed by atoms with Crippen LogP contribution in [0.3, 0.4) is 0 Å². The van der Waals surface area contributed by atoms with Crippen LogP contribution in [0.2, 0.25) is 0 Å². The topological polar surface area (TPSA) is 76.7 Å². The van der Waals surface area contributed by atoms with Gasteiger partial charge in [0.15, 0.2) is 0 Å². The van der Waals surface area contributed by atoms with Gasteiger partial charge in [-0.3, -0.25) is 0 Å². The third kappa shape index (κ3) is 2.65. The van der Waals surface area contributed by atoms with Crippen molar-refractivity contribution in [1.82, 2.24) is 0 Å². The summed E-state index contributed by atoms with van der Waals surface area (Å²) < 4.78 is 43.1. The lowest BCUT2D eigenvalue weighted by Crippen LogP contribution is -2.27. The molecule has 7 heteroatoms. The standard InChI is InChI=1S/C9H15NO4S2/c1-9(2,3)15(4,11)10-16(12,13)8-5-6-14-7-8/h5-7H,1-4H3. The second kappa shape index (κ2) is 3.89. The smallest absolute Gasteiger partial charge is 0.293 e. The highest BCUT2D eigenvalue weighted by atomic mass is 32.3. The molecule has 0 bridgehead atoms. The van der Waals surface area contributed by atoms with E-state index in [0.717, 1.165) is 6.26 Å². The fourth-order valence-electron chi connectivity index (χ4n) is 0.741. The maximum absolute atomic E-state index is 12.1. The summed E-state index contributed by atoms with van der Waals surface area (Å²) >= 11 is 0. The molecular formula is C9H15NO4S2. The molecule has 1 rings (SSSR count). The van der Waals surface area contributed by atoms with Crippen LogP contribution in [0, 0.1) is 0 Å². The van der Waals surface area contributed by atoms with Gasteiger partial charge in [-0.2, -0.15) is 8.42 Å². The molecule has 0 radical (unpaired) electrons. The molecule has 0 amide bonds. The number of rotatable bonds is 2. The van der Waals surface area contributed by atoms with Gasteiger partial charge in [-0.25, -0.2) is 4.21 Å². The van der Waals surface area contributed by atoms with Crippen LogP contribution in [0.15, 0.2) is 31.7 Å². The van der Waals surface area contributed by atoms with Crippen LogP contribution in [0.4, 0.5) is 0 Å². The molecule has 0 N–H and O–H groups in total. The van der Waals surface area contributed by atoms with Crippen LogP contribution >= 0.6 is 0 Å². The second-order valence-electron chi connectivity index (χ2n) is 4.42. The Kier molecular flexibility index (Phi) is 3.22. The molecule has 0 aliphatic carbocycles. The molecule has 1 atom stereocenters. The molecule has 0 aliphatic heterocycles. The lowest BCUT2D eigenvalue weighted by Gasteiger charge is -2.19. The van der Waals surface area contributed by atoms with Crippen molar-refractivity contribution >= 4 is 19.8 Å². The highest BCUT2D eigenvalue weighted by Crippen LogP contribution is 2.21. The minimum atomic E-state index is -3.90. The lowest BCUT2D eigenvalue weighted by atomic mass is 10.3. The summed E-state index contributed by atoms with van der Waals surface area (Å²) in [5.74, 6) is 0. The van der Waals surface area contributed by atoms with Crippen molar-refractivity contribution in [3.63, 3.8) is 0 Å². The molecule has 1 unspecified atom stereocenters. The molecule has 5 nitrogen and oxygen atoms in total. The third-order valence-electron chi connectivity index (χ3n) is 2.17. The van der Waals surface area contributed by atoms with Gasteiger partial charge >= 0.3 is 0 Å². The molecule has 1 heterocycles. The van der Waals surface area contributed by atoms with Gasteiger partial charge in [0, 0.05) is 11.0 Å². The first-order chi connectivity index (χ1) is 7.06. The quantitative estimate of drug-likeness (QED) is 0.817. The number of hydrogen-bond donors (Lipinski definition) is 0. The van der Waals surface area contributed by atoms with Crippen LogP contribution in [0.25, 0.3) is 0 Å². The van der Waals surface area contributed by atoms with Gasteiger partial charge in [0.05, 0.1) is 16.0 Å². The zero-order valence-corrected chi connectivity index (χ0v) is 11.3. The molecule has 0 fully saturated rings. The van der Waals surface area contributed by atoms with E-state index >= 15 is 0 Å². The van der Waals surface area contributed by atoms with Crippen LogP contribution < -0.4 is 0 Å². The predicted molar refractivity (Wildman–Crippen MR) is 62.1 cm³/mol. The highest BCUT2D eigenvalue weighted by Gasteiger charge is 2.26. The fraction of sp³-hybridized carbons (Fsp3) is 0.556. The normalized spacial score (nSPS) is 16.8. The first-order valence-electron chi connectivity index (χ1n) is 4.56. The van der Waals surface area contributed by atoms with Crippen LogP contribution in [0.5, 0.6) is 0 Å². The van der Waals surface area contributed by atoms with Crippen molar-refractivity contribution < 1.29 is 17.0 Å². The summed E-state index contributed by atoms with van der Waals surface area (Å²) in [5.41, 5.74) is 0. The lowest BCUT2D eigenvalue weighted by molar-refractivity contribution is 0.556. The van der Waals surface area contributed by atoms with Crippen molar-refractivity contribution in [1.29, 1.82) is 0 Å². The van der Waals surface area contributed by atoms with E-state index in [2.05, 4.69) is 8.19 Å². The van der Waals surface area contributed by atoms with Gasteiger partial charge in [-0.1, -0.05) is 0 Å². The van der Waals surface area contributed by atoms with Gasteiger partial charge < -0.3 is 4.42 Å². The molecule has 0 aliphatic rings. The predicted octanol–water partition coefficient (Wildman–Crippen LogP) is 1.86. The summed E-state index contributed by atoms with van der Waals surface area (Å²) in [7, 11) is -6.74. The van der Waals surface area contributed by atoms with E-state index in [1.165, 1.54) is 18.6 Å². The number of sulfonamides is 1. The molecule has 92 valence electrons. The van der Waals surface area contributed by atoms with E-state index in [4.69, 9.17) is 0 Å². The van der Waals surface area contributed by atoms with Gasteiger partial charge in [0.1, 0.15) is 11.2 Å². The van der Waals surface area contributed by atoms with Gasteiger partial charge in [0.2, 0.25) is 0 Å². The number of hydrogen-bond acceptors (Lipinski definition) is 4. The van der Waals surface area contributed by atoms with Crippen molar-refractivity contribution in [3.8, 4) is 0 Å². The largest absolute Gasteiger partial charge is 0.471 e. The highest BCUT2D eigenvalue weighted by molar-refractivity contribution is 8.03. The van der Waals surface area contributed by atoms with E-state index in [9.17, 15) is 12.6 Å². The monoisotopic (exact) mass is 265 g/mol. The third-order valence-corrected chi connectivity index (χ3v) is 7.19. The Labute approximate surface area is 96.1 Å². The average molecular weight is 265 g/mol. The minimum Gasteiger partial charge on any atom is -0.471 e. The summed E-state index contributed by atoms with van der Waals surface area (Å²) in [6, 6.07) is 1.27. The Bertz CT molecular complexity index is 570. The Hall–Kier alpha value is -0.820. The summed E-state index contributed by atoms with van der Waals surface area (Å²) in [4.78, 5) is -0.0775. The van der Waals surface area contributed by atoms with E-state index in [1.807, 2.05) is 0 Å². The SMILES string of the molecule is CC(C)(C)S(C)(=O)=NS(=O)(=O)c1ccoc1. The van der Waals surface area contributed by atoms with E-state index in [-0.39, 0.29) is 4.90 Å². The van der Waals surface area contributed by atoms with Crippen LogP contribution in [0.1, 0.15) is 20.8 Å². The second-order valence-corrected chi connectivity index (χ2v) is 9.27. The summed E-state index contributed by atoms with van der Waals surface area (Å²) in [6.45, 7) is 5.05. The molecule has 1 aromatic rings. The Morgan fingerprint density at radius 1 is 1.25 bits per heavy atom. The van der Waals surface area contributed by atoms with Crippen LogP contribution in [-0.2, 0) is 19.8 Å². The maximum Gasteiger partial charge on any atom is 0.293 e. The van der Waals surface area contributed by atoms with Crippen molar-refractivity contribution in [2.75, 3.05) is 6.26 Å². The van der Waals surface area contributed by atoms with Crippen LogP contribution in [-0.4, -0.2) is 23.6 Å². The molecule has 16 heavy (non-hydrogen) atoms. The number of furan rings is 1. The first kappa shape index (κ1) is 13.2. The Balaban J connectivity index is 3.36. The molecule has 0 saturated carbocycles. The Morgan fingerprint density at radius 2 is 1.81 bits per heavy atom. The molecule has 0 spiro atoms. The zero-order chi connectivity index (χ0) is 12.6. The summed E-state index contributed by atoms with van der Waals surface area (Å²) in [5, 5.41) is 0. The average Bonchev–Trinajstić information content (AvgIpc) is 2.50. The van der Waals surface area contributed by atoms with Crippen molar-refractivity contribution in [2.24, 2.45) is 3.77 Å². The van der Waals surface area contributed by atoms with E-state index in [0.29, 0.717) is 0 Å². The molecule has 0 saturated heterocycles. The van der Waals surface area contributed by atoms with Gasteiger partial charge in [-0.15, -0.1) is 3.77 Å². The van der Waals surface area contributed by atoms with E-state index in [1.54, 1.807) is 20.8 Å². The minimum absolute atomic E-state index is 0.0775. The van der Waals surface area contributed by atoms with E-state index < -0.39 is 24.5 Å². The number of nitrogens with zero attached hydrogens (tertiary/aromatic N) is 1. The maximum atomic E-state index is 12.1. The molecule has 1 aromatic heterocycles. The van der Waals surface area contributed by atoms with Gasteiger partial charge in [0.25, 0.3) is 10.0 Å². The van der Waals surface area contributed by atoms with Crippen molar-refractivity contribution in [2.45, 2.75) is 30.4 Å². The fourth-order valence-corrected chi connectivity index (χ4v) is 3.88. The summed E-state index contributed by atoms with van der Waals surface area (Å²) in [6.07, 6.45) is 3.64. The molecule has 0 aromatic carbocycles. The molecular weight excluding hydrogens is 250 g/mol. The Morgan fingerprint density at radius 3 is 2.19 bits per heavy atom. The van der Waals surface area contributed by atoms with Gasteiger partial charge in [-0.05, 0) is 26.8 Å². The zero-order valence-electron chi connectivity index (χ0n) is 9.63.